The Labute approximate surface area is 135 Å². The van der Waals surface area contributed by atoms with E-state index in [-0.39, 0.29) is 17.6 Å². The lowest BCUT2D eigenvalue weighted by molar-refractivity contribution is -0.919. The zero-order chi connectivity index (χ0) is 16.2. The van der Waals surface area contributed by atoms with Crippen molar-refractivity contribution in [2.75, 3.05) is 19.7 Å². The van der Waals surface area contributed by atoms with Gasteiger partial charge in [-0.05, 0) is 25.1 Å². The average molecular weight is 315 g/mol. The van der Waals surface area contributed by atoms with E-state index in [0.717, 1.165) is 37.9 Å². The van der Waals surface area contributed by atoms with Gasteiger partial charge in [-0.2, -0.15) is 0 Å². The number of quaternary nitrogens is 1. The fourth-order valence-corrected chi connectivity index (χ4v) is 3.34. The number of hydrogen-bond donors (Lipinski definition) is 2. The quantitative estimate of drug-likeness (QED) is 0.835. The van der Waals surface area contributed by atoms with Crippen molar-refractivity contribution in [3.63, 3.8) is 0 Å². The molecule has 1 saturated heterocycles. The van der Waals surface area contributed by atoms with Gasteiger partial charge in [-0.25, -0.2) is 0 Å². The molecule has 0 saturated carbocycles. The molecular formula is C18H23N2O3+. The highest BCUT2D eigenvalue weighted by atomic mass is 16.5. The summed E-state index contributed by atoms with van der Waals surface area (Å²) < 4.78 is 5.12. The second-order valence-corrected chi connectivity index (χ2v) is 6.10. The molecule has 2 heterocycles. The van der Waals surface area contributed by atoms with Crippen molar-refractivity contribution in [3.8, 4) is 5.75 Å². The van der Waals surface area contributed by atoms with Gasteiger partial charge in [-0.15, -0.1) is 0 Å². The van der Waals surface area contributed by atoms with Crippen molar-refractivity contribution in [1.29, 1.82) is 0 Å². The van der Waals surface area contributed by atoms with Crippen molar-refractivity contribution in [1.82, 2.24) is 4.98 Å². The van der Waals surface area contributed by atoms with Crippen LogP contribution in [0.3, 0.4) is 0 Å². The molecule has 1 aromatic carbocycles. The number of ether oxygens (including phenoxy) is 1. The van der Waals surface area contributed by atoms with Crippen LogP contribution in [0.15, 0.2) is 30.5 Å². The predicted molar refractivity (Wildman–Crippen MR) is 87.2 cm³/mol. The Morgan fingerprint density at radius 2 is 2.13 bits per heavy atom. The summed E-state index contributed by atoms with van der Waals surface area (Å²) in [6.07, 6.45) is 3.45. The van der Waals surface area contributed by atoms with E-state index in [1.807, 2.05) is 25.1 Å². The first-order valence-corrected chi connectivity index (χ1v) is 8.24. The van der Waals surface area contributed by atoms with E-state index in [1.165, 1.54) is 10.5 Å². The molecule has 2 N–H and O–H groups in total. The summed E-state index contributed by atoms with van der Waals surface area (Å²) in [6.45, 7) is 5.12. The molecule has 3 rings (SSSR count). The number of aromatic hydroxyl groups is 1. The molecular weight excluding hydrogens is 292 g/mol. The van der Waals surface area contributed by atoms with E-state index in [1.54, 1.807) is 12.3 Å². The van der Waals surface area contributed by atoms with Crippen molar-refractivity contribution in [2.24, 2.45) is 5.92 Å². The third kappa shape index (κ3) is 3.45. The smallest absolute Gasteiger partial charge is 0.309 e. The summed E-state index contributed by atoms with van der Waals surface area (Å²) in [4.78, 5) is 17.5. The molecule has 1 fully saturated rings. The van der Waals surface area contributed by atoms with E-state index in [0.29, 0.717) is 12.1 Å². The van der Waals surface area contributed by atoms with Crippen LogP contribution in [0.2, 0.25) is 0 Å². The second-order valence-electron chi connectivity index (χ2n) is 6.10. The first-order chi connectivity index (χ1) is 11.2. The van der Waals surface area contributed by atoms with E-state index in [9.17, 15) is 9.90 Å². The first kappa shape index (κ1) is 15.7. The van der Waals surface area contributed by atoms with Crippen LogP contribution in [0.25, 0.3) is 10.9 Å². The lowest BCUT2D eigenvalue weighted by Gasteiger charge is -2.28. The summed E-state index contributed by atoms with van der Waals surface area (Å²) in [6, 6.07) is 7.59. The van der Waals surface area contributed by atoms with E-state index in [4.69, 9.17) is 4.74 Å². The number of phenolic OH excluding ortho intramolecular Hbond substituents is 1. The highest BCUT2D eigenvalue weighted by Gasteiger charge is 2.28. The summed E-state index contributed by atoms with van der Waals surface area (Å²) in [5.74, 6) is 0.225. The Bertz CT molecular complexity index is 694. The molecule has 5 heteroatoms. The molecule has 122 valence electrons. The number of hydrogen-bond acceptors (Lipinski definition) is 4. The van der Waals surface area contributed by atoms with Gasteiger partial charge in [0.05, 0.1) is 25.6 Å². The fourth-order valence-electron chi connectivity index (χ4n) is 3.34. The molecule has 5 nitrogen and oxygen atoms in total. The van der Waals surface area contributed by atoms with Crippen molar-refractivity contribution in [3.05, 3.63) is 36.0 Å². The summed E-state index contributed by atoms with van der Waals surface area (Å²) in [7, 11) is 0. The maximum absolute atomic E-state index is 11.8. The number of fused-ring (bicyclic) bond motifs is 1. The van der Waals surface area contributed by atoms with E-state index < -0.39 is 0 Å². The van der Waals surface area contributed by atoms with Crippen LogP contribution in [0, 0.1) is 5.92 Å². The Balaban J connectivity index is 1.68. The molecule has 0 radical (unpaired) electrons. The number of rotatable bonds is 4. The SMILES string of the molecule is CCOC(=O)C1CC[NH+](Cc2ccc(O)c3ncccc23)CC1. The van der Waals surface area contributed by atoms with Crippen LogP contribution < -0.4 is 4.90 Å². The van der Waals surface area contributed by atoms with Crippen molar-refractivity contribution < 1.29 is 19.5 Å². The highest BCUT2D eigenvalue weighted by Crippen LogP contribution is 2.25. The van der Waals surface area contributed by atoms with Gasteiger partial charge in [0, 0.05) is 30.0 Å². The number of pyridine rings is 1. The second kappa shape index (κ2) is 6.96. The van der Waals surface area contributed by atoms with E-state index >= 15 is 0 Å². The number of nitrogens with one attached hydrogen (secondary N) is 1. The molecule has 0 amide bonds. The largest absolute Gasteiger partial charge is 0.506 e. The molecule has 0 atom stereocenters. The molecule has 0 spiro atoms. The zero-order valence-corrected chi connectivity index (χ0v) is 13.4. The van der Waals surface area contributed by atoms with Gasteiger partial charge >= 0.3 is 5.97 Å². The minimum Gasteiger partial charge on any atom is -0.506 e. The van der Waals surface area contributed by atoms with Crippen LogP contribution in [0.1, 0.15) is 25.3 Å². The normalized spacial score (nSPS) is 21.3. The highest BCUT2D eigenvalue weighted by molar-refractivity contribution is 5.86. The zero-order valence-electron chi connectivity index (χ0n) is 13.4. The molecule has 23 heavy (non-hydrogen) atoms. The summed E-state index contributed by atoms with van der Waals surface area (Å²) >= 11 is 0. The predicted octanol–water partition coefficient (Wildman–Crippen LogP) is 1.30. The van der Waals surface area contributed by atoms with Crippen molar-refractivity contribution in [2.45, 2.75) is 26.3 Å². The van der Waals surface area contributed by atoms with E-state index in [2.05, 4.69) is 4.98 Å². The van der Waals surface area contributed by atoms with Gasteiger partial charge in [0.25, 0.3) is 0 Å². The van der Waals surface area contributed by atoms with Crippen LogP contribution in [-0.4, -0.2) is 35.8 Å². The fraction of sp³-hybridized carbons (Fsp3) is 0.444. The number of benzene rings is 1. The minimum atomic E-state index is -0.0502. The summed E-state index contributed by atoms with van der Waals surface area (Å²) in [5, 5.41) is 10.9. The molecule has 0 aliphatic carbocycles. The Morgan fingerprint density at radius 1 is 1.35 bits per heavy atom. The van der Waals surface area contributed by atoms with Gasteiger partial charge in [0.2, 0.25) is 0 Å². The maximum Gasteiger partial charge on any atom is 0.309 e. The first-order valence-electron chi connectivity index (χ1n) is 8.24. The number of aromatic nitrogens is 1. The van der Waals surface area contributed by atoms with Gasteiger partial charge in [-0.1, -0.05) is 6.07 Å². The number of phenols is 1. The minimum absolute atomic E-state index is 0.0502. The average Bonchev–Trinajstić information content (AvgIpc) is 2.58. The number of likely N-dealkylation sites (tertiary alicyclic amines) is 1. The molecule has 0 unspecified atom stereocenters. The van der Waals surface area contributed by atoms with Crippen LogP contribution in [-0.2, 0) is 16.1 Å². The van der Waals surface area contributed by atoms with Crippen LogP contribution >= 0.6 is 0 Å². The van der Waals surface area contributed by atoms with Gasteiger partial charge < -0.3 is 14.7 Å². The van der Waals surface area contributed by atoms with Crippen LogP contribution in [0.4, 0.5) is 0 Å². The topological polar surface area (TPSA) is 63.9 Å². The standard InChI is InChI=1S/C18H22N2O3/c1-2-23-18(22)13-7-10-20(11-8-13)12-14-5-6-16(21)17-15(14)4-3-9-19-17/h3-6,9,13,21H,2,7-8,10-12H2,1H3/p+1. The number of nitrogens with zero attached hydrogens (tertiary/aromatic N) is 1. The lowest BCUT2D eigenvalue weighted by Crippen LogP contribution is -3.11. The number of carbonyl (C=O) groups is 1. The third-order valence-corrected chi connectivity index (χ3v) is 4.59. The Morgan fingerprint density at radius 3 is 2.87 bits per heavy atom. The molecule has 1 aromatic heterocycles. The number of piperidine rings is 1. The Kier molecular flexibility index (Phi) is 4.76. The van der Waals surface area contributed by atoms with Gasteiger partial charge in [0.1, 0.15) is 17.8 Å². The number of carbonyl (C=O) groups excluding carboxylic acids is 1. The Hall–Kier alpha value is -2.14. The number of esters is 1. The maximum atomic E-state index is 11.8. The molecule has 0 bridgehead atoms. The lowest BCUT2D eigenvalue weighted by atomic mass is 9.96. The summed E-state index contributed by atoms with van der Waals surface area (Å²) in [5.41, 5.74) is 1.85. The third-order valence-electron chi connectivity index (χ3n) is 4.59. The molecule has 1 aliphatic rings. The monoisotopic (exact) mass is 315 g/mol. The van der Waals surface area contributed by atoms with Crippen LogP contribution in [0.5, 0.6) is 5.75 Å². The van der Waals surface area contributed by atoms with Gasteiger partial charge in [-0.3, -0.25) is 9.78 Å². The molecule has 2 aromatic rings. The van der Waals surface area contributed by atoms with Crippen molar-refractivity contribution >= 4 is 16.9 Å². The van der Waals surface area contributed by atoms with Gasteiger partial charge in [0.15, 0.2) is 0 Å². The molecule has 1 aliphatic heterocycles.